The van der Waals surface area contributed by atoms with Crippen LogP contribution in [0, 0.1) is 0 Å². The maximum Gasteiger partial charge on any atom is 0.178 e. The number of hydrogen-bond acceptors (Lipinski definition) is 4. The number of methoxy groups -OCH3 is 1. The van der Waals surface area contributed by atoms with Gasteiger partial charge >= 0.3 is 0 Å². The number of phenols is 1. The van der Waals surface area contributed by atoms with Gasteiger partial charge in [0.25, 0.3) is 0 Å². The molecule has 0 spiro atoms. The average molecular weight is 349 g/mol. The van der Waals surface area contributed by atoms with Crippen LogP contribution in [0.15, 0.2) is 54.6 Å². The van der Waals surface area contributed by atoms with Crippen LogP contribution in [0.25, 0.3) is 12.2 Å². The number of carbonyl (C=O) groups is 1. The van der Waals surface area contributed by atoms with Crippen molar-refractivity contribution in [1.82, 2.24) is 0 Å². The quantitative estimate of drug-likeness (QED) is 0.790. The Balaban J connectivity index is 1.60. The molecule has 0 bridgehead atoms. The molecule has 26 heavy (non-hydrogen) atoms. The number of aromatic hydroxyl groups is 1. The van der Waals surface area contributed by atoms with Gasteiger partial charge in [0.05, 0.1) is 7.11 Å². The molecule has 1 aliphatic heterocycles. The molecule has 0 atom stereocenters. The molecule has 1 fully saturated rings. The van der Waals surface area contributed by atoms with Crippen LogP contribution in [0.2, 0.25) is 0 Å². The van der Waals surface area contributed by atoms with Crippen LogP contribution >= 0.6 is 0 Å². The lowest BCUT2D eigenvalue weighted by atomic mass is 10.1. The van der Waals surface area contributed by atoms with Gasteiger partial charge in [-0.1, -0.05) is 30.4 Å². The van der Waals surface area contributed by atoms with Gasteiger partial charge in [0.1, 0.15) is 0 Å². The van der Waals surface area contributed by atoms with E-state index < -0.39 is 0 Å². The number of hydrogen-bond donors (Lipinski definition) is 1. The van der Waals surface area contributed by atoms with Crippen molar-refractivity contribution >= 4 is 23.6 Å². The maximum atomic E-state index is 12.0. The van der Waals surface area contributed by atoms with E-state index in [4.69, 9.17) is 4.74 Å². The molecule has 0 aromatic heterocycles. The van der Waals surface area contributed by atoms with Crippen molar-refractivity contribution in [2.24, 2.45) is 0 Å². The first-order valence-corrected chi connectivity index (χ1v) is 8.78. The van der Waals surface area contributed by atoms with E-state index in [0.717, 1.165) is 24.2 Å². The number of phenolic OH excluding ortho intramolecular Hbond substituents is 1. The largest absolute Gasteiger partial charge is 0.504 e. The number of ketones is 1. The highest BCUT2D eigenvalue weighted by Crippen LogP contribution is 2.26. The van der Waals surface area contributed by atoms with Crippen molar-refractivity contribution < 1.29 is 14.6 Å². The Morgan fingerprint density at radius 3 is 2.27 bits per heavy atom. The third-order valence-corrected chi connectivity index (χ3v) is 4.45. The number of benzene rings is 2. The standard InChI is InChI=1S/C22H23NO3/c1-26-22-16-18(8-13-21(22)25)7-12-20(24)11-6-17-4-9-19(10-5-17)23-14-2-3-15-23/h4-13,16,25H,2-3,14-15H2,1H3/b11-6+,12-7+. The fraction of sp³-hybridized carbons (Fsp3) is 0.227. The van der Waals surface area contributed by atoms with E-state index in [-0.39, 0.29) is 11.5 Å². The summed E-state index contributed by atoms with van der Waals surface area (Å²) in [7, 11) is 1.49. The number of anilines is 1. The van der Waals surface area contributed by atoms with Gasteiger partial charge in [-0.2, -0.15) is 0 Å². The first kappa shape index (κ1) is 17.8. The Morgan fingerprint density at radius 2 is 1.62 bits per heavy atom. The summed E-state index contributed by atoms with van der Waals surface area (Å²) in [6.45, 7) is 2.25. The monoisotopic (exact) mass is 349 g/mol. The summed E-state index contributed by atoms with van der Waals surface area (Å²) < 4.78 is 5.06. The maximum absolute atomic E-state index is 12.0. The second kappa shape index (κ2) is 8.39. The highest BCUT2D eigenvalue weighted by molar-refractivity contribution is 6.04. The van der Waals surface area contributed by atoms with E-state index in [9.17, 15) is 9.90 Å². The van der Waals surface area contributed by atoms with Crippen molar-refractivity contribution in [3.8, 4) is 11.5 Å². The molecular weight excluding hydrogens is 326 g/mol. The smallest absolute Gasteiger partial charge is 0.178 e. The Morgan fingerprint density at radius 1 is 1.00 bits per heavy atom. The minimum absolute atomic E-state index is 0.0771. The van der Waals surface area contributed by atoms with Crippen molar-refractivity contribution in [2.45, 2.75) is 12.8 Å². The van der Waals surface area contributed by atoms with Crippen LogP contribution in [0.5, 0.6) is 11.5 Å². The summed E-state index contributed by atoms with van der Waals surface area (Å²) >= 11 is 0. The zero-order valence-corrected chi connectivity index (χ0v) is 14.9. The Bertz CT molecular complexity index is 816. The van der Waals surface area contributed by atoms with Crippen LogP contribution in [-0.4, -0.2) is 31.1 Å². The molecule has 4 nitrogen and oxygen atoms in total. The van der Waals surface area contributed by atoms with Crippen molar-refractivity contribution in [2.75, 3.05) is 25.1 Å². The second-order valence-electron chi connectivity index (χ2n) is 6.29. The topological polar surface area (TPSA) is 49.8 Å². The molecule has 2 aromatic rings. The van der Waals surface area contributed by atoms with Gasteiger partial charge in [-0.25, -0.2) is 0 Å². The Labute approximate surface area is 154 Å². The molecule has 3 rings (SSSR count). The van der Waals surface area contributed by atoms with E-state index in [0.29, 0.717) is 5.75 Å². The summed E-state index contributed by atoms with van der Waals surface area (Å²) in [6, 6.07) is 13.2. The predicted molar refractivity (Wildman–Crippen MR) is 106 cm³/mol. The first-order chi connectivity index (χ1) is 12.7. The third-order valence-electron chi connectivity index (χ3n) is 4.45. The van der Waals surface area contributed by atoms with Crippen molar-refractivity contribution in [3.63, 3.8) is 0 Å². The molecule has 2 aromatic carbocycles. The van der Waals surface area contributed by atoms with Crippen LogP contribution in [0.1, 0.15) is 24.0 Å². The van der Waals surface area contributed by atoms with Gasteiger partial charge in [-0.15, -0.1) is 0 Å². The van der Waals surface area contributed by atoms with Gasteiger partial charge in [-0.05, 0) is 60.4 Å². The van der Waals surface area contributed by atoms with E-state index >= 15 is 0 Å². The zero-order chi connectivity index (χ0) is 18.4. The first-order valence-electron chi connectivity index (χ1n) is 8.78. The lowest BCUT2D eigenvalue weighted by Crippen LogP contribution is -2.17. The minimum atomic E-state index is -0.0966. The minimum Gasteiger partial charge on any atom is -0.504 e. The van der Waals surface area contributed by atoms with Crippen molar-refractivity contribution in [1.29, 1.82) is 0 Å². The van der Waals surface area contributed by atoms with Crippen molar-refractivity contribution in [3.05, 3.63) is 65.7 Å². The number of rotatable bonds is 6. The number of ether oxygens (including phenoxy) is 1. The molecular formula is C22H23NO3. The molecule has 1 saturated heterocycles. The summed E-state index contributed by atoms with van der Waals surface area (Å²) in [5.41, 5.74) is 3.03. The molecule has 4 heteroatoms. The van der Waals surface area contributed by atoms with E-state index in [1.54, 1.807) is 30.4 Å². The lowest BCUT2D eigenvalue weighted by molar-refractivity contribution is -0.110. The van der Waals surface area contributed by atoms with E-state index in [1.807, 2.05) is 18.2 Å². The average Bonchev–Trinajstić information content (AvgIpc) is 3.21. The highest BCUT2D eigenvalue weighted by atomic mass is 16.5. The summed E-state index contributed by atoms with van der Waals surface area (Å²) in [5.74, 6) is 0.363. The molecule has 0 unspecified atom stereocenters. The van der Waals surface area contributed by atoms with Crippen LogP contribution < -0.4 is 9.64 Å². The molecule has 1 aliphatic rings. The summed E-state index contributed by atoms with van der Waals surface area (Å²) in [4.78, 5) is 14.4. The fourth-order valence-corrected chi connectivity index (χ4v) is 2.98. The molecule has 1 heterocycles. The van der Waals surface area contributed by atoms with Gasteiger partial charge in [0.2, 0.25) is 0 Å². The van der Waals surface area contributed by atoms with Crippen LogP contribution in [0.4, 0.5) is 5.69 Å². The van der Waals surface area contributed by atoms with E-state index in [1.165, 1.54) is 31.7 Å². The van der Waals surface area contributed by atoms with Crippen LogP contribution in [-0.2, 0) is 4.79 Å². The normalized spacial score (nSPS) is 14.4. The molecule has 0 aliphatic carbocycles. The summed E-state index contributed by atoms with van der Waals surface area (Å²) in [6.07, 6.45) is 9.09. The highest BCUT2D eigenvalue weighted by Gasteiger charge is 2.11. The Hall–Kier alpha value is -3.01. The van der Waals surface area contributed by atoms with Gasteiger partial charge in [-0.3, -0.25) is 4.79 Å². The molecule has 134 valence electrons. The SMILES string of the molecule is COc1cc(/C=C/C(=O)/C=C/c2ccc(N3CCCC3)cc2)ccc1O. The van der Waals surface area contributed by atoms with Gasteiger partial charge in [0.15, 0.2) is 17.3 Å². The number of carbonyl (C=O) groups excluding carboxylic acids is 1. The molecule has 0 amide bonds. The predicted octanol–water partition coefficient (Wildman–Crippen LogP) is 4.30. The van der Waals surface area contributed by atoms with E-state index in [2.05, 4.69) is 17.0 Å². The molecule has 0 saturated carbocycles. The summed E-state index contributed by atoms with van der Waals surface area (Å²) in [5, 5.41) is 9.58. The fourth-order valence-electron chi connectivity index (χ4n) is 2.98. The number of nitrogens with zero attached hydrogens (tertiary/aromatic N) is 1. The second-order valence-corrected chi connectivity index (χ2v) is 6.29. The molecule has 0 radical (unpaired) electrons. The molecule has 1 N–H and O–H groups in total. The number of allylic oxidation sites excluding steroid dienone is 2. The van der Waals surface area contributed by atoms with Gasteiger partial charge < -0.3 is 14.7 Å². The van der Waals surface area contributed by atoms with Gasteiger partial charge in [0, 0.05) is 18.8 Å². The zero-order valence-electron chi connectivity index (χ0n) is 14.9. The third kappa shape index (κ3) is 4.54. The van der Waals surface area contributed by atoms with Crippen LogP contribution in [0.3, 0.4) is 0 Å². The Kier molecular flexibility index (Phi) is 5.74. The lowest BCUT2D eigenvalue weighted by Gasteiger charge is -2.17.